The van der Waals surface area contributed by atoms with Crippen molar-refractivity contribution >= 4 is 10.8 Å². The molecule has 128 valence electrons. The molecule has 1 aromatic carbocycles. The normalized spacial score (nSPS) is 16.5. The molecule has 1 aromatic heterocycles. The minimum absolute atomic E-state index is 0.0868. The summed E-state index contributed by atoms with van der Waals surface area (Å²) < 4.78 is 37.9. The van der Waals surface area contributed by atoms with Gasteiger partial charge in [-0.05, 0) is 49.8 Å². The molecule has 5 heteroatoms. The zero-order valence-corrected chi connectivity index (χ0v) is 14.0. The smallest absolute Gasteiger partial charge is 0.299 e. The molecule has 0 N–H and O–H groups in total. The molecule has 2 aromatic rings. The molecule has 0 atom stereocenters. The van der Waals surface area contributed by atoms with Crippen LogP contribution in [-0.4, -0.2) is 35.7 Å². The van der Waals surface area contributed by atoms with Crippen molar-refractivity contribution in [3.8, 4) is 0 Å². The van der Waals surface area contributed by atoms with Gasteiger partial charge in [-0.1, -0.05) is 18.2 Å². The first kappa shape index (κ1) is 17.0. The van der Waals surface area contributed by atoms with Crippen molar-refractivity contribution in [2.75, 3.05) is 19.6 Å². The van der Waals surface area contributed by atoms with Crippen LogP contribution >= 0.6 is 0 Å². The van der Waals surface area contributed by atoms with Gasteiger partial charge in [-0.15, -0.1) is 0 Å². The quantitative estimate of drug-likeness (QED) is 0.763. The molecule has 0 saturated carbocycles. The van der Waals surface area contributed by atoms with Gasteiger partial charge < -0.3 is 0 Å². The van der Waals surface area contributed by atoms with Gasteiger partial charge in [0.2, 0.25) is 0 Å². The Morgan fingerprint density at radius 1 is 1.17 bits per heavy atom. The molecule has 1 aliphatic heterocycles. The number of halogens is 3. The summed E-state index contributed by atoms with van der Waals surface area (Å²) in [6, 6.07) is 8.42. The van der Waals surface area contributed by atoms with Crippen molar-refractivity contribution in [3.05, 3.63) is 52.9 Å². The van der Waals surface area contributed by atoms with Gasteiger partial charge in [-0.3, -0.25) is 9.88 Å². The topological polar surface area (TPSA) is 16.1 Å². The minimum atomic E-state index is -4.17. The highest BCUT2D eigenvalue weighted by Crippen LogP contribution is 2.30. The third kappa shape index (κ3) is 3.78. The highest BCUT2D eigenvalue weighted by molar-refractivity contribution is 5.85. The van der Waals surface area contributed by atoms with Gasteiger partial charge >= 0.3 is 6.18 Å². The summed E-state index contributed by atoms with van der Waals surface area (Å²) in [6.07, 6.45) is -1.93. The van der Waals surface area contributed by atoms with Gasteiger partial charge in [0.15, 0.2) is 0 Å². The van der Waals surface area contributed by atoms with E-state index in [1.807, 2.05) is 13.8 Å². The molecule has 0 saturated heterocycles. The number of benzene rings is 1. The van der Waals surface area contributed by atoms with Crippen molar-refractivity contribution in [2.45, 2.75) is 32.9 Å². The number of fused-ring (bicyclic) bond motifs is 1. The van der Waals surface area contributed by atoms with Gasteiger partial charge in [0.05, 0.1) is 0 Å². The number of hydrogen-bond acceptors (Lipinski definition) is 2. The lowest BCUT2D eigenvalue weighted by Crippen LogP contribution is -2.33. The Balaban J connectivity index is 1.66. The summed E-state index contributed by atoms with van der Waals surface area (Å²) in [5.41, 5.74) is 2.83. The van der Waals surface area contributed by atoms with E-state index in [1.165, 1.54) is 17.0 Å². The molecular formula is C19H21F3N2. The predicted molar refractivity (Wildman–Crippen MR) is 90.1 cm³/mol. The molecule has 0 radical (unpaired) electrons. The summed E-state index contributed by atoms with van der Waals surface area (Å²) in [5.74, 6) is 0. The maximum Gasteiger partial charge on any atom is 0.412 e. The lowest BCUT2D eigenvalue weighted by Gasteiger charge is -2.27. The van der Waals surface area contributed by atoms with Crippen molar-refractivity contribution in [1.82, 2.24) is 9.88 Å². The van der Waals surface area contributed by atoms with E-state index in [2.05, 4.69) is 34.1 Å². The number of alkyl halides is 3. The summed E-state index contributed by atoms with van der Waals surface area (Å²) in [7, 11) is 0. The Labute approximate surface area is 140 Å². The van der Waals surface area contributed by atoms with Crippen LogP contribution in [-0.2, 0) is 6.42 Å². The van der Waals surface area contributed by atoms with E-state index in [0.717, 1.165) is 29.7 Å². The lowest BCUT2D eigenvalue weighted by molar-refractivity contribution is -0.0959. The van der Waals surface area contributed by atoms with Crippen molar-refractivity contribution in [2.24, 2.45) is 0 Å². The lowest BCUT2D eigenvalue weighted by atomic mass is 10.0. The third-order valence-corrected chi connectivity index (χ3v) is 4.59. The fraction of sp³-hybridized carbons (Fsp3) is 0.421. The van der Waals surface area contributed by atoms with Crippen LogP contribution in [0.1, 0.15) is 23.4 Å². The van der Waals surface area contributed by atoms with Gasteiger partial charge in [0.1, 0.15) is 0 Å². The van der Waals surface area contributed by atoms with Crippen LogP contribution in [0.4, 0.5) is 13.2 Å². The standard InChI is InChI=1S/C19H21F3N2/c1-13-11-16-4-3-15(12-18(16)14(2)23-13)5-8-24-9-6-17(7-10-24)19(20,21)22/h3-4,6,11-12H,5,7-10H2,1-2H3. The van der Waals surface area contributed by atoms with E-state index >= 15 is 0 Å². The summed E-state index contributed by atoms with van der Waals surface area (Å²) >= 11 is 0. The highest BCUT2D eigenvalue weighted by atomic mass is 19.4. The largest absolute Gasteiger partial charge is 0.412 e. The van der Waals surface area contributed by atoms with E-state index in [0.29, 0.717) is 13.1 Å². The third-order valence-electron chi connectivity index (χ3n) is 4.59. The van der Waals surface area contributed by atoms with Crippen LogP contribution in [0, 0.1) is 13.8 Å². The molecule has 24 heavy (non-hydrogen) atoms. The van der Waals surface area contributed by atoms with Crippen molar-refractivity contribution in [1.29, 1.82) is 0 Å². The average molecular weight is 334 g/mol. The van der Waals surface area contributed by atoms with E-state index < -0.39 is 6.18 Å². The van der Waals surface area contributed by atoms with E-state index in [-0.39, 0.29) is 12.0 Å². The number of aromatic nitrogens is 1. The number of hydrogen-bond donors (Lipinski definition) is 0. The van der Waals surface area contributed by atoms with Gasteiger partial charge in [-0.25, -0.2) is 0 Å². The number of aryl methyl sites for hydroxylation is 2. The first-order valence-electron chi connectivity index (χ1n) is 8.18. The second-order valence-electron chi connectivity index (χ2n) is 6.43. The fourth-order valence-corrected chi connectivity index (χ4v) is 3.24. The Morgan fingerprint density at radius 3 is 2.62 bits per heavy atom. The summed E-state index contributed by atoms with van der Waals surface area (Å²) in [4.78, 5) is 6.57. The number of nitrogens with zero attached hydrogens (tertiary/aromatic N) is 2. The second-order valence-corrected chi connectivity index (χ2v) is 6.43. The van der Waals surface area contributed by atoms with Crippen LogP contribution < -0.4 is 0 Å². The molecule has 1 aliphatic rings. The zero-order chi connectivity index (χ0) is 17.3. The van der Waals surface area contributed by atoms with E-state index in [9.17, 15) is 13.2 Å². The molecule has 2 nitrogen and oxygen atoms in total. The molecule has 0 aliphatic carbocycles. The van der Waals surface area contributed by atoms with Crippen molar-refractivity contribution in [3.63, 3.8) is 0 Å². The summed E-state index contributed by atoms with van der Waals surface area (Å²) in [5, 5.41) is 2.33. The predicted octanol–water partition coefficient (Wildman–Crippen LogP) is 4.59. The molecule has 0 amide bonds. The van der Waals surface area contributed by atoms with Crippen molar-refractivity contribution < 1.29 is 13.2 Å². The van der Waals surface area contributed by atoms with Gasteiger partial charge in [-0.2, -0.15) is 13.2 Å². The maximum atomic E-state index is 12.6. The Morgan fingerprint density at radius 2 is 1.96 bits per heavy atom. The van der Waals surface area contributed by atoms with E-state index in [1.54, 1.807) is 0 Å². The first-order valence-corrected chi connectivity index (χ1v) is 8.18. The molecule has 3 rings (SSSR count). The SMILES string of the molecule is Cc1cc2ccc(CCN3CC=C(C(F)(F)F)CC3)cc2c(C)n1. The van der Waals surface area contributed by atoms with Gasteiger partial charge in [0.25, 0.3) is 0 Å². The van der Waals surface area contributed by atoms with Crippen LogP contribution in [0.3, 0.4) is 0 Å². The van der Waals surface area contributed by atoms with Gasteiger partial charge in [0, 0.05) is 42.0 Å². The second kappa shape index (κ2) is 6.55. The average Bonchev–Trinajstić information content (AvgIpc) is 2.52. The van der Waals surface area contributed by atoms with E-state index in [4.69, 9.17) is 0 Å². The van der Waals surface area contributed by atoms with Crippen LogP contribution in [0.2, 0.25) is 0 Å². The molecule has 0 fully saturated rings. The molecular weight excluding hydrogens is 313 g/mol. The molecule has 0 spiro atoms. The Bertz CT molecular complexity index is 778. The monoisotopic (exact) mass is 334 g/mol. The molecule has 2 heterocycles. The number of pyridine rings is 1. The molecule has 0 unspecified atom stereocenters. The van der Waals surface area contributed by atoms with Crippen LogP contribution in [0.15, 0.2) is 35.9 Å². The zero-order valence-electron chi connectivity index (χ0n) is 14.0. The molecule has 0 bridgehead atoms. The first-order chi connectivity index (χ1) is 11.3. The maximum absolute atomic E-state index is 12.6. The Kier molecular flexibility index (Phi) is 4.63. The highest BCUT2D eigenvalue weighted by Gasteiger charge is 2.34. The minimum Gasteiger partial charge on any atom is -0.299 e. The van der Waals surface area contributed by atoms with Crippen LogP contribution in [0.5, 0.6) is 0 Å². The summed E-state index contributed by atoms with van der Waals surface area (Å²) in [6.45, 7) is 5.61. The Hall–Kier alpha value is -1.88. The fourth-order valence-electron chi connectivity index (χ4n) is 3.24. The number of rotatable bonds is 3. The van der Waals surface area contributed by atoms with Crippen LogP contribution in [0.25, 0.3) is 10.8 Å².